The second-order valence-corrected chi connectivity index (χ2v) is 5.18. The number of aliphatic carboxylic acids is 1. The van der Waals surface area contributed by atoms with E-state index in [-0.39, 0.29) is 11.6 Å². The summed E-state index contributed by atoms with van der Waals surface area (Å²) in [5.41, 5.74) is 1.01. The molecule has 0 saturated carbocycles. The largest absolute Gasteiger partial charge is 0.481 e. The lowest BCUT2D eigenvalue weighted by Crippen LogP contribution is -2.07. The van der Waals surface area contributed by atoms with E-state index in [4.69, 9.17) is 5.11 Å². The second-order valence-electron chi connectivity index (χ2n) is 4.24. The lowest BCUT2D eigenvalue weighted by molar-refractivity contribution is -0.133. The van der Waals surface area contributed by atoms with Crippen molar-refractivity contribution in [3.63, 3.8) is 0 Å². The average Bonchev–Trinajstić information content (AvgIpc) is 2.76. The minimum absolute atomic E-state index is 0.0469. The summed E-state index contributed by atoms with van der Waals surface area (Å²) in [6, 6.07) is 6.32. The summed E-state index contributed by atoms with van der Waals surface area (Å²) in [5, 5.41) is 17.2. The van der Waals surface area contributed by atoms with E-state index >= 15 is 0 Å². The number of halogens is 1. The number of carboxylic acids is 1. The molecule has 0 bridgehead atoms. The van der Waals surface area contributed by atoms with Gasteiger partial charge < -0.3 is 9.67 Å². The van der Waals surface area contributed by atoms with Gasteiger partial charge >= 0.3 is 5.97 Å². The van der Waals surface area contributed by atoms with Crippen molar-refractivity contribution in [1.29, 1.82) is 0 Å². The van der Waals surface area contributed by atoms with Gasteiger partial charge in [-0.3, -0.25) is 4.79 Å². The van der Waals surface area contributed by atoms with E-state index in [1.165, 1.54) is 12.1 Å². The fraction of sp³-hybridized carbons (Fsp3) is 0.308. The molecule has 0 amide bonds. The first-order valence-corrected chi connectivity index (χ1v) is 7.03. The molecular weight excluding hydrogens is 281 g/mol. The highest BCUT2D eigenvalue weighted by atomic mass is 32.2. The van der Waals surface area contributed by atoms with Crippen LogP contribution in [-0.2, 0) is 17.8 Å². The average molecular weight is 295 g/mol. The van der Waals surface area contributed by atoms with Gasteiger partial charge in [-0.05, 0) is 31.0 Å². The summed E-state index contributed by atoms with van der Waals surface area (Å²) in [4.78, 5) is 10.6. The van der Waals surface area contributed by atoms with Gasteiger partial charge in [0.1, 0.15) is 11.6 Å². The molecule has 1 aromatic heterocycles. The number of aromatic nitrogens is 3. The number of hydrogen-bond donors (Lipinski definition) is 1. The van der Waals surface area contributed by atoms with E-state index in [0.29, 0.717) is 18.1 Å². The molecule has 0 spiro atoms. The smallest absolute Gasteiger partial charge is 0.313 e. The molecule has 2 aromatic rings. The maximum absolute atomic E-state index is 12.8. The molecule has 0 aliphatic carbocycles. The number of aryl methyl sites for hydroxylation is 2. The predicted octanol–water partition coefficient (Wildman–Crippen LogP) is 2.15. The van der Waals surface area contributed by atoms with Gasteiger partial charge in [-0.2, -0.15) is 0 Å². The molecular formula is C13H14FN3O2S. The highest BCUT2D eigenvalue weighted by Gasteiger charge is 2.11. The fourth-order valence-corrected chi connectivity index (χ4v) is 2.47. The number of rotatable bonds is 6. The zero-order valence-electron chi connectivity index (χ0n) is 10.9. The minimum atomic E-state index is -0.888. The van der Waals surface area contributed by atoms with Crippen molar-refractivity contribution in [3.05, 3.63) is 41.5 Å². The van der Waals surface area contributed by atoms with Gasteiger partial charge in [0.25, 0.3) is 0 Å². The predicted molar refractivity (Wildman–Crippen MR) is 73.2 cm³/mol. The van der Waals surface area contributed by atoms with Gasteiger partial charge in [0.05, 0.1) is 5.75 Å². The van der Waals surface area contributed by atoms with E-state index < -0.39 is 5.97 Å². The Morgan fingerprint density at radius 2 is 2.05 bits per heavy atom. The Morgan fingerprint density at radius 3 is 2.70 bits per heavy atom. The van der Waals surface area contributed by atoms with Crippen molar-refractivity contribution in [3.8, 4) is 0 Å². The molecule has 7 heteroatoms. The highest BCUT2D eigenvalue weighted by molar-refractivity contribution is 7.99. The van der Waals surface area contributed by atoms with Crippen molar-refractivity contribution in [2.45, 2.75) is 25.0 Å². The van der Waals surface area contributed by atoms with Crippen molar-refractivity contribution in [1.82, 2.24) is 14.8 Å². The molecule has 0 aliphatic heterocycles. The number of benzene rings is 1. The zero-order chi connectivity index (χ0) is 14.5. The lowest BCUT2D eigenvalue weighted by Gasteiger charge is -2.07. The van der Waals surface area contributed by atoms with Crippen molar-refractivity contribution >= 4 is 17.7 Å². The van der Waals surface area contributed by atoms with Crippen LogP contribution in [-0.4, -0.2) is 31.6 Å². The van der Waals surface area contributed by atoms with E-state index in [1.54, 1.807) is 12.1 Å². The molecule has 2 rings (SSSR count). The molecule has 1 N–H and O–H groups in total. The van der Waals surface area contributed by atoms with Crippen molar-refractivity contribution < 1.29 is 14.3 Å². The second kappa shape index (κ2) is 6.51. The number of carbonyl (C=O) groups is 1. The Hall–Kier alpha value is -1.89. The van der Waals surface area contributed by atoms with Gasteiger partial charge in [-0.1, -0.05) is 23.9 Å². The van der Waals surface area contributed by atoms with E-state index in [2.05, 4.69) is 10.2 Å². The Kier molecular flexibility index (Phi) is 4.73. The molecule has 1 heterocycles. The molecule has 0 saturated heterocycles. The monoisotopic (exact) mass is 295 g/mol. The third kappa shape index (κ3) is 3.80. The summed E-state index contributed by atoms with van der Waals surface area (Å²) in [7, 11) is 0. The maximum atomic E-state index is 12.8. The van der Waals surface area contributed by atoms with Crippen LogP contribution in [0.2, 0.25) is 0 Å². The summed E-state index contributed by atoms with van der Waals surface area (Å²) in [6.07, 6.45) is 0.708. The lowest BCUT2D eigenvalue weighted by atomic mass is 10.1. The van der Waals surface area contributed by atoms with Gasteiger partial charge in [0.2, 0.25) is 0 Å². The Balaban J connectivity index is 2.03. The maximum Gasteiger partial charge on any atom is 0.313 e. The zero-order valence-corrected chi connectivity index (χ0v) is 11.7. The SMILES string of the molecule is Cc1nnc(SCC(=O)O)n1CCc1ccc(F)cc1. The Morgan fingerprint density at radius 1 is 1.35 bits per heavy atom. The van der Waals surface area contributed by atoms with Crippen molar-refractivity contribution in [2.24, 2.45) is 0 Å². The molecule has 5 nitrogen and oxygen atoms in total. The van der Waals surface area contributed by atoms with Gasteiger partial charge in [-0.25, -0.2) is 4.39 Å². The minimum Gasteiger partial charge on any atom is -0.481 e. The normalized spacial score (nSPS) is 10.7. The molecule has 106 valence electrons. The fourth-order valence-electron chi connectivity index (χ4n) is 1.74. The summed E-state index contributed by atoms with van der Waals surface area (Å²) >= 11 is 1.14. The van der Waals surface area contributed by atoms with Crippen LogP contribution in [0, 0.1) is 12.7 Å². The van der Waals surface area contributed by atoms with Crippen molar-refractivity contribution in [2.75, 3.05) is 5.75 Å². The molecule has 0 radical (unpaired) electrons. The molecule has 0 fully saturated rings. The molecule has 20 heavy (non-hydrogen) atoms. The first-order chi connectivity index (χ1) is 9.56. The number of hydrogen-bond acceptors (Lipinski definition) is 4. The number of carboxylic acid groups (broad SMARTS) is 1. The number of thioether (sulfide) groups is 1. The molecule has 1 aromatic carbocycles. The first-order valence-electron chi connectivity index (χ1n) is 6.05. The van der Waals surface area contributed by atoms with Gasteiger partial charge in [-0.15, -0.1) is 10.2 Å². The van der Waals surface area contributed by atoms with Crippen LogP contribution in [0.15, 0.2) is 29.4 Å². The molecule has 0 atom stereocenters. The van der Waals surface area contributed by atoms with Crippen LogP contribution in [0.25, 0.3) is 0 Å². The van der Waals surface area contributed by atoms with Crippen LogP contribution in [0.1, 0.15) is 11.4 Å². The Bertz CT molecular complexity index is 598. The van der Waals surface area contributed by atoms with E-state index in [0.717, 1.165) is 23.1 Å². The summed E-state index contributed by atoms with van der Waals surface area (Å²) in [5.74, 6) is -0.457. The van der Waals surface area contributed by atoms with Crippen LogP contribution < -0.4 is 0 Å². The van der Waals surface area contributed by atoms with E-state index in [9.17, 15) is 9.18 Å². The van der Waals surface area contributed by atoms with Crippen LogP contribution in [0.5, 0.6) is 0 Å². The Labute approximate surface area is 119 Å². The third-order valence-corrected chi connectivity index (χ3v) is 3.72. The number of nitrogens with zero attached hydrogens (tertiary/aromatic N) is 3. The summed E-state index contributed by atoms with van der Waals surface area (Å²) < 4.78 is 14.7. The first kappa shape index (κ1) is 14.5. The van der Waals surface area contributed by atoms with Crippen LogP contribution in [0.3, 0.4) is 0 Å². The standard InChI is InChI=1S/C13H14FN3O2S/c1-9-15-16-13(20-8-12(18)19)17(9)7-6-10-2-4-11(14)5-3-10/h2-5H,6-8H2,1H3,(H,18,19). The summed E-state index contributed by atoms with van der Waals surface area (Å²) in [6.45, 7) is 2.45. The molecule has 0 unspecified atom stereocenters. The highest BCUT2D eigenvalue weighted by Crippen LogP contribution is 2.17. The van der Waals surface area contributed by atoms with E-state index in [1.807, 2.05) is 11.5 Å². The van der Waals surface area contributed by atoms with Crippen LogP contribution in [0.4, 0.5) is 4.39 Å². The van der Waals surface area contributed by atoms with Gasteiger partial charge in [0.15, 0.2) is 5.16 Å². The van der Waals surface area contributed by atoms with Crippen LogP contribution >= 0.6 is 11.8 Å². The quantitative estimate of drug-likeness (QED) is 0.827. The van der Waals surface area contributed by atoms with Gasteiger partial charge in [0, 0.05) is 6.54 Å². The molecule has 0 aliphatic rings. The third-order valence-electron chi connectivity index (χ3n) is 2.76. The topological polar surface area (TPSA) is 68.0 Å².